The van der Waals surface area contributed by atoms with Gasteiger partial charge in [0.2, 0.25) is 0 Å². The number of carboxylic acid groups (broad SMARTS) is 2. The van der Waals surface area contributed by atoms with E-state index in [2.05, 4.69) is 5.32 Å². The summed E-state index contributed by atoms with van der Waals surface area (Å²) in [5.41, 5.74) is 1.55. The van der Waals surface area contributed by atoms with Crippen LogP contribution in [0.2, 0.25) is 0 Å². The SMILES string of the molecule is O=C(O)/C(=C/c1ccc(OCc2cccc(C(=O)O)c2)cc1)NC(=O)c1ccccc1. The molecule has 3 aromatic rings. The molecule has 0 spiro atoms. The van der Waals surface area contributed by atoms with Gasteiger partial charge in [0.25, 0.3) is 5.91 Å². The van der Waals surface area contributed by atoms with E-state index in [1.54, 1.807) is 66.7 Å². The summed E-state index contributed by atoms with van der Waals surface area (Å²) in [6.07, 6.45) is 1.35. The first kappa shape index (κ1) is 21.3. The molecule has 3 rings (SSSR count). The maximum atomic E-state index is 12.2. The number of carbonyl (C=O) groups excluding carboxylic acids is 1. The average molecular weight is 417 g/mol. The van der Waals surface area contributed by atoms with Crippen molar-refractivity contribution in [2.45, 2.75) is 6.61 Å². The van der Waals surface area contributed by atoms with Crippen molar-refractivity contribution in [3.63, 3.8) is 0 Å². The fraction of sp³-hybridized carbons (Fsp3) is 0.0417. The van der Waals surface area contributed by atoms with Crippen LogP contribution in [0, 0.1) is 0 Å². The number of amides is 1. The van der Waals surface area contributed by atoms with Gasteiger partial charge in [0, 0.05) is 5.56 Å². The van der Waals surface area contributed by atoms with Gasteiger partial charge in [-0.25, -0.2) is 9.59 Å². The molecule has 7 heteroatoms. The topological polar surface area (TPSA) is 113 Å². The van der Waals surface area contributed by atoms with Gasteiger partial charge in [-0.2, -0.15) is 0 Å². The predicted molar refractivity (Wildman–Crippen MR) is 114 cm³/mol. The van der Waals surface area contributed by atoms with E-state index in [0.29, 0.717) is 22.4 Å². The minimum Gasteiger partial charge on any atom is -0.489 e. The lowest BCUT2D eigenvalue weighted by atomic mass is 10.1. The Bertz CT molecular complexity index is 1120. The first-order valence-corrected chi connectivity index (χ1v) is 9.29. The summed E-state index contributed by atoms with van der Waals surface area (Å²) < 4.78 is 5.66. The molecule has 0 aliphatic rings. The van der Waals surface area contributed by atoms with Crippen molar-refractivity contribution in [1.82, 2.24) is 5.32 Å². The zero-order valence-corrected chi connectivity index (χ0v) is 16.3. The Morgan fingerprint density at radius 1 is 0.839 bits per heavy atom. The van der Waals surface area contributed by atoms with Crippen LogP contribution in [0.15, 0.2) is 84.6 Å². The molecule has 3 aromatic carbocycles. The van der Waals surface area contributed by atoms with Crippen LogP contribution in [-0.4, -0.2) is 28.1 Å². The molecule has 31 heavy (non-hydrogen) atoms. The molecule has 0 radical (unpaired) electrons. The molecule has 0 saturated carbocycles. The normalized spacial score (nSPS) is 10.9. The van der Waals surface area contributed by atoms with E-state index < -0.39 is 17.8 Å². The Balaban J connectivity index is 1.66. The number of hydrogen-bond donors (Lipinski definition) is 3. The van der Waals surface area contributed by atoms with E-state index in [1.165, 1.54) is 18.2 Å². The lowest BCUT2D eigenvalue weighted by Gasteiger charge is -2.08. The molecule has 7 nitrogen and oxygen atoms in total. The Morgan fingerprint density at radius 3 is 2.16 bits per heavy atom. The number of aliphatic carboxylic acids is 1. The summed E-state index contributed by atoms with van der Waals surface area (Å²) in [4.78, 5) is 34.8. The maximum Gasteiger partial charge on any atom is 0.352 e. The quantitative estimate of drug-likeness (QED) is 0.480. The number of nitrogens with one attached hydrogen (secondary N) is 1. The van der Waals surface area contributed by atoms with E-state index in [1.807, 2.05) is 0 Å². The molecule has 0 unspecified atom stereocenters. The van der Waals surface area contributed by atoms with Gasteiger partial charge in [-0.1, -0.05) is 42.5 Å². The minimum atomic E-state index is -1.26. The van der Waals surface area contributed by atoms with Crippen molar-refractivity contribution in [2.75, 3.05) is 0 Å². The average Bonchev–Trinajstić information content (AvgIpc) is 2.78. The molecule has 3 N–H and O–H groups in total. The molecule has 0 aromatic heterocycles. The van der Waals surface area contributed by atoms with E-state index in [9.17, 15) is 19.5 Å². The highest BCUT2D eigenvalue weighted by Crippen LogP contribution is 2.17. The van der Waals surface area contributed by atoms with Crippen LogP contribution < -0.4 is 10.1 Å². The molecule has 0 saturated heterocycles. The number of benzene rings is 3. The number of carbonyl (C=O) groups is 3. The molecule has 0 fully saturated rings. The zero-order chi connectivity index (χ0) is 22.2. The Hall–Kier alpha value is -4.39. The molecule has 0 aliphatic carbocycles. The molecular formula is C24H19NO6. The number of rotatable bonds is 8. The summed E-state index contributed by atoms with van der Waals surface area (Å²) in [5.74, 6) is -2.25. The maximum absolute atomic E-state index is 12.2. The van der Waals surface area contributed by atoms with E-state index in [4.69, 9.17) is 9.84 Å². The molecule has 0 atom stereocenters. The highest BCUT2D eigenvalue weighted by atomic mass is 16.5. The van der Waals surface area contributed by atoms with E-state index in [-0.39, 0.29) is 17.9 Å². The number of aromatic carboxylic acids is 1. The van der Waals surface area contributed by atoms with Crippen molar-refractivity contribution in [2.24, 2.45) is 0 Å². The lowest BCUT2D eigenvalue weighted by molar-refractivity contribution is -0.132. The van der Waals surface area contributed by atoms with Gasteiger partial charge in [0.15, 0.2) is 0 Å². The standard InChI is InChI=1S/C24H19NO6/c26-22(18-6-2-1-3-7-18)25-21(24(29)30)14-16-9-11-20(12-10-16)31-15-17-5-4-8-19(13-17)23(27)28/h1-14H,15H2,(H,25,26)(H,27,28)(H,29,30)/b21-14-. The van der Waals surface area contributed by atoms with Crippen LogP contribution in [-0.2, 0) is 11.4 Å². The third-order valence-electron chi connectivity index (χ3n) is 4.29. The smallest absolute Gasteiger partial charge is 0.352 e. The summed E-state index contributed by atoms with van der Waals surface area (Å²) in [7, 11) is 0. The second kappa shape index (κ2) is 9.89. The van der Waals surface area contributed by atoms with Crippen LogP contribution in [0.5, 0.6) is 5.75 Å². The van der Waals surface area contributed by atoms with Crippen LogP contribution in [0.3, 0.4) is 0 Å². The third kappa shape index (κ3) is 6.04. The monoisotopic (exact) mass is 417 g/mol. The molecule has 1 amide bonds. The van der Waals surface area contributed by atoms with Gasteiger partial charge in [-0.15, -0.1) is 0 Å². The van der Waals surface area contributed by atoms with Crippen molar-refractivity contribution < 1.29 is 29.3 Å². The predicted octanol–water partition coefficient (Wildman–Crippen LogP) is 3.82. The zero-order valence-electron chi connectivity index (χ0n) is 16.3. The Labute approximate surface area is 178 Å². The first-order chi connectivity index (χ1) is 14.9. The molecule has 0 aliphatic heterocycles. The number of ether oxygens (including phenoxy) is 1. The van der Waals surface area contributed by atoms with Crippen LogP contribution in [0.1, 0.15) is 31.8 Å². The van der Waals surface area contributed by atoms with Crippen molar-refractivity contribution >= 4 is 23.9 Å². The molecular weight excluding hydrogens is 398 g/mol. The van der Waals surface area contributed by atoms with Gasteiger partial charge in [-0.05, 0) is 53.6 Å². The summed E-state index contributed by atoms with van der Waals surface area (Å²) in [5, 5.41) is 20.8. The Kier molecular flexibility index (Phi) is 6.80. The fourth-order valence-electron chi connectivity index (χ4n) is 2.72. The largest absolute Gasteiger partial charge is 0.489 e. The third-order valence-corrected chi connectivity index (χ3v) is 4.29. The highest BCUT2D eigenvalue weighted by Gasteiger charge is 2.13. The Morgan fingerprint density at radius 2 is 1.52 bits per heavy atom. The molecule has 0 heterocycles. The highest BCUT2D eigenvalue weighted by molar-refractivity contribution is 6.02. The van der Waals surface area contributed by atoms with Crippen molar-refractivity contribution in [1.29, 1.82) is 0 Å². The van der Waals surface area contributed by atoms with Crippen molar-refractivity contribution in [3.05, 3.63) is 107 Å². The van der Waals surface area contributed by atoms with Gasteiger partial charge in [-0.3, -0.25) is 4.79 Å². The minimum absolute atomic E-state index is 0.181. The second-order valence-corrected chi connectivity index (χ2v) is 6.55. The fourth-order valence-corrected chi connectivity index (χ4v) is 2.72. The number of carboxylic acids is 2. The molecule has 156 valence electrons. The van der Waals surface area contributed by atoms with Crippen LogP contribution in [0.25, 0.3) is 6.08 Å². The van der Waals surface area contributed by atoms with Crippen LogP contribution >= 0.6 is 0 Å². The van der Waals surface area contributed by atoms with Crippen LogP contribution in [0.4, 0.5) is 0 Å². The van der Waals surface area contributed by atoms with Crippen molar-refractivity contribution in [3.8, 4) is 5.75 Å². The van der Waals surface area contributed by atoms with Gasteiger partial charge in [0.1, 0.15) is 18.1 Å². The summed E-state index contributed by atoms with van der Waals surface area (Å²) in [6.45, 7) is 0.184. The van der Waals surface area contributed by atoms with E-state index in [0.717, 1.165) is 0 Å². The summed E-state index contributed by atoms with van der Waals surface area (Å²) in [6, 6.07) is 21.4. The summed E-state index contributed by atoms with van der Waals surface area (Å²) >= 11 is 0. The lowest BCUT2D eigenvalue weighted by Crippen LogP contribution is -2.27. The van der Waals surface area contributed by atoms with Gasteiger partial charge < -0.3 is 20.3 Å². The first-order valence-electron chi connectivity index (χ1n) is 9.29. The van der Waals surface area contributed by atoms with E-state index >= 15 is 0 Å². The number of hydrogen-bond acceptors (Lipinski definition) is 4. The van der Waals surface area contributed by atoms with Gasteiger partial charge >= 0.3 is 11.9 Å². The van der Waals surface area contributed by atoms with Gasteiger partial charge in [0.05, 0.1) is 5.56 Å². The second-order valence-electron chi connectivity index (χ2n) is 6.55. The molecule has 0 bridgehead atoms.